The number of carbonyl (C=O) groups excluding carboxylic acids is 1. The van der Waals surface area contributed by atoms with Crippen LogP contribution in [0.3, 0.4) is 0 Å². The van der Waals surface area contributed by atoms with E-state index in [1.807, 2.05) is 48.7 Å². The highest BCUT2D eigenvalue weighted by Crippen LogP contribution is 2.22. The van der Waals surface area contributed by atoms with Gasteiger partial charge < -0.3 is 15.7 Å². The Hall–Kier alpha value is -2.05. The topological polar surface area (TPSA) is 83.6 Å². The number of hydrogen-bond acceptors (Lipinski definition) is 4. The van der Waals surface area contributed by atoms with Crippen molar-refractivity contribution in [2.45, 2.75) is 19.0 Å². The molecule has 0 aromatic heterocycles. The van der Waals surface area contributed by atoms with Crippen molar-refractivity contribution >= 4 is 34.4 Å². The summed E-state index contributed by atoms with van der Waals surface area (Å²) in [6, 6.07) is 12.8. The fourth-order valence-corrected chi connectivity index (χ4v) is 3.20. The maximum atomic E-state index is 12.3. The van der Waals surface area contributed by atoms with Crippen molar-refractivity contribution in [3.63, 3.8) is 0 Å². The first-order chi connectivity index (χ1) is 11.6. The number of fused-ring (bicyclic) bond motifs is 1. The molecule has 0 aliphatic rings. The van der Waals surface area contributed by atoms with Crippen LogP contribution in [0.5, 0.6) is 0 Å². The van der Waals surface area contributed by atoms with E-state index >= 15 is 0 Å². The molecule has 0 aliphatic carbocycles. The molecule has 0 saturated carbocycles. The monoisotopic (exact) mass is 346 g/mol. The molecule has 2 aromatic carbocycles. The van der Waals surface area contributed by atoms with Crippen molar-refractivity contribution in [3.05, 3.63) is 48.0 Å². The molecular formula is C18H22N2O3S. The second-order valence-corrected chi connectivity index (χ2v) is 6.49. The van der Waals surface area contributed by atoms with E-state index in [0.29, 0.717) is 12.2 Å². The molecule has 0 bridgehead atoms. The Morgan fingerprint density at radius 1 is 1.21 bits per heavy atom. The molecule has 5 nitrogen and oxygen atoms in total. The first-order valence-corrected chi connectivity index (χ1v) is 9.15. The van der Waals surface area contributed by atoms with Gasteiger partial charge in [0.2, 0.25) is 5.91 Å². The van der Waals surface area contributed by atoms with E-state index in [0.717, 1.165) is 16.3 Å². The lowest BCUT2D eigenvalue weighted by Gasteiger charge is -2.29. The summed E-state index contributed by atoms with van der Waals surface area (Å²) in [6.07, 6.45) is 2.31. The smallest absolute Gasteiger partial charge is 0.326 e. The van der Waals surface area contributed by atoms with Crippen LogP contribution in [-0.4, -0.2) is 46.5 Å². The maximum Gasteiger partial charge on any atom is 0.326 e. The second-order valence-electron chi connectivity index (χ2n) is 5.50. The summed E-state index contributed by atoms with van der Waals surface area (Å²) in [5.41, 5.74) is 6.44. The van der Waals surface area contributed by atoms with Crippen molar-refractivity contribution in [2.24, 2.45) is 5.73 Å². The number of amides is 1. The van der Waals surface area contributed by atoms with Gasteiger partial charge in [0.05, 0.1) is 6.54 Å². The highest BCUT2D eigenvalue weighted by molar-refractivity contribution is 7.98. The number of carboxylic acid groups (broad SMARTS) is 1. The van der Waals surface area contributed by atoms with Crippen LogP contribution < -0.4 is 5.73 Å². The predicted molar refractivity (Wildman–Crippen MR) is 98.0 cm³/mol. The van der Waals surface area contributed by atoms with Crippen LogP contribution in [0.15, 0.2) is 42.5 Å². The Morgan fingerprint density at radius 3 is 2.58 bits per heavy atom. The van der Waals surface area contributed by atoms with E-state index in [9.17, 15) is 14.7 Å². The zero-order valence-corrected chi connectivity index (χ0v) is 14.5. The Bertz CT molecular complexity index is 715. The van der Waals surface area contributed by atoms with Crippen molar-refractivity contribution < 1.29 is 14.7 Å². The Labute approximate surface area is 145 Å². The van der Waals surface area contributed by atoms with Crippen molar-refractivity contribution in [1.29, 1.82) is 0 Å². The third kappa shape index (κ3) is 4.27. The van der Waals surface area contributed by atoms with E-state index in [1.54, 1.807) is 11.8 Å². The number of carboxylic acids is 1. The van der Waals surface area contributed by atoms with Crippen LogP contribution in [-0.2, 0) is 16.1 Å². The molecule has 2 aromatic rings. The number of nitrogens with two attached hydrogens (primary N) is 1. The molecule has 1 unspecified atom stereocenters. The summed E-state index contributed by atoms with van der Waals surface area (Å²) < 4.78 is 0. The summed E-state index contributed by atoms with van der Waals surface area (Å²) in [5, 5.41) is 11.6. The summed E-state index contributed by atoms with van der Waals surface area (Å²) in [5.74, 6) is -0.677. The van der Waals surface area contributed by atoms with Gasteiger partial charge in [-0.3, -0.25) is 4.79 Å². The van der Waals surface area contributed by atoms with Gasteiger partial charge in [-0.2, -0.15) is 11.8 Å². The lowest BCUT2D eigenvalue weighted by Crippen LogP contribution is -2.47. The fraction of sp³-hybridized carbons (Fsp3) is 0.333. The zero-order valence-electron chi connectivity index (χ0n) is 13.6. The van der Waals surface area contributed by atoms with Gasteiger partial charge in [0.15, 0.2) is 0 Å². The molecule has 0 fully saturated rings. The van der Waals surface area contributed by atoms with Crippen molar-refractivity contribution in [1.82, 2.24) is 4.90 Å². The largest absolute Gasteiger partial charge is 0.480 e. The quantitative estimate of drug-likeness (QED) is 0.766. The Kier molecular flexibility index (Phi) is 6.63. The molecule has 0 radical (unpaired) electrons. The minimum atomic E-state index is -0.994. The summed E-state index contributed by atoms with van der Waals surface area (Å²) in [4.78, 5) is 25.4. The van der Waals surface area contributed by atoms with Crippen LogP contribution in [0.4, 0.5) is 0 Å². The molecule has 0 saturated heterocycles. The van der Waals surface area contributed by atoms with Gasteiger partial charge in [-0.1, -0.05) is 42.5 Å². The zero-order chi connectivity index (χ0) is 17.5. The van der Waals surface area contributed by atoms with Crippen LogP contribution >= 0.6 is 11.8 Å². The first-order valence-electron chi connectivity index (χ1n) is 7.76. The molecule has 0 spiro atoms. The highest BCUT2D eigenvalue weighted by Gasteiger charge is 2.29. The molecule has 2 rings (SSSR count). The minimum absolute atomic E-state index is 0.201. The number of benzene rings is 2. The third-order valence-electron chi connectivity index (χ3n) is 3.97. The van der Waals surface area contributed by atoms with Gasteiger partial charge in [-0.15, -0.1) is 0 Å². The van der Waals surface area contributed by atoms with E-state index in [2.05, 4.69) is 0 Å². The standard InChI is InChI=1S/C18H22N2O3S/c1-24-10-9-16(18(22)23)20(17(21)11-19)12-14-7-4-6-13-5-2-3-8-15(13)14/h2-8,16H,9-12,19H2,1H3,(H,22,23). The van der Waals surface area contributed by atoms with Crippen molar-refractivity contribution in [3.8, 4) is 0 Å². The van der Waals surface area contributed by atoms with Crippen LogP contribution in [0, 0.1) is 0 Å². The normalized spacial score (nSPS) is 12.1. The summed E-state index contributed by atoms with van der Waals surface area (Å²) in [6.45, 7) is 0.0382. The molecule has 1 atom stereocenters. The van der Waals surface area contributed by atoms with Gasteiger partial charge in [-0.05, 0) is 34.8 Å². The molecular weight excluding hydrogens is 324 g/mol. The fourth-order valence-electron chi connectivity index (χ4n) is 2.75. The number of carbonyl (C=O) groups is 2. The van der Waals surface area contributed by atoms with Crippen LogP contribution in [0.1, 0.15) is 12.0 Å². The average Bonchev–Trinajstić information content (AvgIpc) is 2.60. The van der Waals surface area contributed by atoms with Crippen LogP contribution in [0.2, 0.25) is 0 Å². The van der Waals surface area contributed by atoms with Gasteiger partial charge in [-0.25, -0.2) is 4.79 Å². The van der Waals surface area contributed by atoms with E-state index in [-0.39, 0.29) is 19.0 Å². The highest BCUT2D eigenvalue weighted by atomic mass is 32.2. The number of aliphatic carboxylic acids is 1. The number of nitrogens with zero attached hydrogens (tertiary/aromatic N) is 1. The van der Waals surface area contributed by atoms with Gasteiger partial charge >= 0.3 is 5.97 Å². The number of hydrogen-bond donors (Lipinski definition) is 2. The Balaban J connectivity index is 2.37. The predicted octanol–water partition coefficient (Wildman–Crippen LogP) is 2.33. The van der Waals surface area contributed by atoms with E-state index in [4.69, 9.17) is 5.73 Å². The van der Waals surface area contributed by atoms with E-state index < -0.39 is 12.0 Å². The molecule has 24 heavy (non-hydrogen) atoms. The first kappa shape index (κ1) is 18.3. The minimum Gasteiger partial charge on any atom is -0.480 e. The summed E-state index contributed by atoms with van der Waals surface area (Å²) in [7, 11) is 0. The van der Waals surface area contributed by atoms with E-state index in [1.165, 1.54) is 4.90 Å². The average molecular weight is 346 g/mol. The number of thioether (sulfide) groups is 1. The lowest BCUT2D eigenvalue weighted by molar-refractivity contribution is -0.150. The van der Waals surface area contributed by atoms with Crippen LogP contribution in [0.25, 0.3) is 10.8 Å². The maximum absolute atomic E-state index is 12.3. The molecule has 6 heteroatoms. The molecule has 1 amide bonds. The second kappa shape index (κ2) is 8.70. The van der Waals surface area contributed by atoms with Gasteiger partial charge in [0.1, 0.15) is 6.04 Å². The molecule has 0 aliphatic heterocycles. The molecule has 3 N–H and O–H groups in total. The molecule has 0 heterocycles. The Morgan fingerprint density at radius 2 is 1.92 bits per heavy atom. The van der Waals surface area contributed by atoms with Gasteiger partial charge in [0, 0.05) is 6.54 Å². The lowest BCUT2D eigenvalue weighted by atomic mass is 10.0. The van der Waals surface area contributed by atoms with Gasteiger partial charge in [0.25, 0.3) is 0 Å². The number of rotatable bonds is 8. The summed E-state index contributed by atoms with van der Waals surface area (Å²) >= 11 is 1.56. The SMILES string of the molecule is CSCCC(C(=O)O)N(Cc1cccc2ccccc12)C(=O)CN. The third-order valence-corrected chi connectivity index (χ3v) is 4.62. The van der Waals surface area contributed by atoms with Crippen molar-refractivity contribution in [2.75, 3.05) is 18.6 Å². The molecule has 128 valence electrons.